The number of nitrogens with one attached hydrogen (secondary N) is 1. The van der Waals surface area contributed by atoms with Crippen molar-refractivity contribution in [2.45, 2.75) is 13.5 Å². The first-order chi connectivity index (χ1) is 8.81. The van der Waals surface area contributed by atoms with Crippen molar-refractivity contribution >= 4 is 5.97 Å². The number of H-pyrrole nitrogens is 1. The normalized spacial score (nSPS) is 10.1. The third-order valence-corrected chi connectivity index (χ3v) is 2.34. The lowest BCUT2D eigenvalue weighted by Crippen LogP contribution is -2.08. The molecule has 0 saturated heterocycles. The van der Waals surface area contributed by atoms with E-state index in [4.69, 9.17) is 9.47 Å². The van der Waals surface area contributed by atoms with Crippen LogP contribution in [-0.4, -0.2) is 22.8 Å². The molecule has 0 unspecified atom stereocenters. The lowest BCUT2D eigenvalue weighted by molar-refractivity contribution is 0.0523. The number of para-hydroxylation sites is 1. The zero-order valence-electron chi connectivity index (χ0n) is 10.1. The third kappa shape index (κ3) is 2.88. The van der Waals surface area contributed by atoms with Gasteiger partial charge in [0.2, 0.25) is 0 Å². The minimum Gasteiger partial charge on any atom is -0.487 e. The van der Waals surface area contributed by atoms with E-state index in [1.807, 2.05) is 30.3 Å². The molecule has 5 heteroatoms. The Morgan fingerprint density at radius 2 is 2.11 bits per heavy atom. The fourth-order valence-electron chi connectivity index (χ4n) is 1.48. The van der Waals surface area contributed by atoms with Gasteiger partial charge < -0.3 is 9.47 Å². The minimum atomic E-state index is -0.391. The van der Waals surface area contributed by atoms with Crippen LogP contribution in [0.2, 0.25) is 0 Å². The van der Waals surface area contributed by atoms with Gasteiger partial charge in [0.15, 0.2) is 0 Å². The standard InChI is InChI=1S/C13H14N2O3/c1-2-17-13(16)11-8-14-15-12(11)9-18-10-6-4-3-5-7-10/h3-8H,2,9H2,1H3,(H,14,15). The van der Waals surface area contributed by atoms with Crippen LogP contribution in [0.4, 0.5) is 0 Å². The summed E-state index contributed by atoms with van der Waals surface area (Å²) in [5.74, 6) is 0.347. The smallest absolute Gasteiger partial charge is 0.341 e. The van der Waals surface area contributed by atoms with E-state index in [9.17, 15) is 4.79 Å². The first-order valence-electron chi connectivity index (χ1n) is 5.68. The highest BCUT2D eigenvalue weighted by molar-refractivity contribution is 5.90. The second-order valence-electron chi connectivity index (χ2n) is 3.58. The molecule has 0 saturated carbocycles. The molecule has 1 aromatic carbocycles. The molecule has 94 valence electrons. The Hall–Kier alpha value is -2.30. The van der Waals surface area contributed by atoms with Crippen molar-refractivity contribution in [2.24, 2.45) is 0 Å². The molecule has 0 bridgehead atoms. The van der Waals surface area contributed by atoms with Gasteiger partial charge in [0, 0.05) is 0 Å². The van der Waals surface area contributed by atoms with Crippen LogP contribution in [0.15, 0.2) is 36.5 Å². The van der Waals surface area contributed by atoms with Crippen molar-refractivity contribution in [3.8, 4) is 5.75 Å². The summed E-state index contributed by atoms with van der Waals surface area (Å²) in [5, 5.41) is 6.57. The number of rotatable bonds is 5. The van der Waals surface area contributed by atoms with E-state index >= 15 is 0 Å². The Morgan fingerprint density at radius 1 is 1.33 bits per heavy atom. The van der Waals surface area contributed by atoms with Crippen LogP contribution in [0.5, 0.6) is 5.75 Å². The first-order valence-corrected chi connectivity index (χ1v) is 5.68. The quantitative estimate of drug-likeness (QED) is 0.821. The number of aromatic amines is 1. The van der Waals surface area contributed by atoms with Gasteiger partial charge >= 0.3 is 5.97 Å². The fraction of sp³-hybridized carbons (Fsp3) is 0.231. The second-order valence-corrected chi connectivity index (χ2v) is 3.58. The van der Waals surface area contributed by atoms with Crippen LogP contribution < -0.4 is 4.74 Å². The van der Waals surface area contributed by atoms with Crippen LogP contribution in [0, 0.1) is 0 Å². The van der Waals surface area contributed by atoms with Gasteiger partial charge in [-0.3, -0.25) is 5.10 Å². The van der Waals surface area contributed by atoms with E-state index in [2.05, 4.69) is 10.2 Å². The fourth-order valence-corrected chi connectivity index (χ4v) is 1.48. The summed E-state index contributed by atoms with van der Waals surface area (Å²) in [5.41, 5.74) is 1.02. The van der Waals surface area contributed by atoms with Crippen molar-refractivity contribution in [3.05, 3.63) is 47.8 Å². The van der Waals surface area contributed by atoms with E-state index in [1.54, 1.807) is 6.92 Å². The van der Waals surface area contributed by atoms with E-state index < -0.39 is 5.97 Å². The largest absolute Gasteiger partial charge is 0.487 e. The molecular weight excluding hydrogens is 232 g/mol. The highest BCUT2D eigenvalue weighted by atomic mass is 16.5. The molecule has 0 fully saturated rings. The van der Waals surface area contributed by atoms with Gasteiger partial charge in [-0.25, -0.2) is 4.79 Å². The average Bonchev–Trinajstić information content (AvgIpc) is 2.86. The molecule has 0 aliphatic rings. The molecule has 2 rings (SSSR count). The van der Waals surface area contributed by atoms with Crippen molar-refractivity contribution < 1.29 is 14.3 Å². The number of carbonyl (C=O) groups is 1. The van der Waals surface area contributed by atoms with E-state index in [0.717, 1.165) is 5.75 Å². The van der Waals surface area contributed by atoms with Crippen LogP contribution in [-0.2, 0) is 11.3 Å². The Labute approximate surface area is 105 Å². The van der Waals surface area contributed by atoms with Crippen LogP contribution in [0.25, 0.3) is 0 Å². The minimum absolute atomic E-state index is 0.248. The van der Waals surface area contributed by atoms with Gasteiger partial charge in [-0.05, 0) is 19.1 Å². The Balaban J connectivity index is 2.02. The first kappa shape index (κ1) is 12.2. The van der Waals surface area contributed by atoms with E-state index in [-0.39, 0.29) is 6.61 Å². The third-order valence-electron chi connectivity index (χ3n) is 2.34. The predicted molar refractivity (Wildman–Crippen MR) is 65.3 cm³/mol. The van der Waals surface area contributed by atoms with Gasteiger partial charge in [-0.1, -0.05) is 18.2 Å². The van der Waals surface area contributed by atoms with Gasteiger partial charge in [0.05, 0.1) is 18.5 Å². The summed E-state index contributed by atoms with van der Waals surface area (Å²) in [6.07, 6.45) is 1.45. The van der Waals surface area contributed by atoms with Crippen LogP contribution >= 0.6 is 0 Å². The van der Waals surface area contributed by atoms with Gasteiger partial charge in [-0.2, -0.15) is 5.10 Å². The summed E-state index contributed by atoms with van der Waals surface area (Å²) < 4.78 is 10.5. The Kier molecular flexibility index (Phi) is 3.96. The van der Waals surface area contributed by atoms with Crippen molar-refractivity contribution in [3.63, 3.8) is 0 Å². The number of hydrogen-bond acceptors (Lipinski definition) is 4. The molecular formula is C13H14N2O3. The summed E-state index contributed by atoms with van der Waals surface area (Å²) in [6, 6.07) is 9.37. The summed E-state index contributed by atoms with van der Waals surface area (Å²) >= 11 is 0. The van der Waals surface area contributed by atoms with Crippen LogP contribution in [0.3, 0.4) is 0 Å². The molecule has 0 amide bonds. The van der Waals surface area contributed by atoms with Crippen molar-refractivity contribution in [1.82, 2.24) is 10.2 Å². The molecule has 1 aromatic heterocycles. The highest BCUT2D eigenvalue weighted by Crippen LogP contribution is 2.13. The summed E-state index contributed by atoms with van der Waals surface area (Å²) in [6.45, 7) is 2.35. The zero-order valence-corrected chi connectivity index (χ0v) is 10.1. The molecule has 0 aliphatic heterocycles. The topological polar surface area (TPSA) is 64.2 Å². The average molecular weight is 246 g/mol. The van der Waals surface area contributed by atoms with E-state index in [1.165, 1.54) is 6.20 Å². The lowest BCUT2D eigenvalue weighted by Gasteiger charge is -2.06. The number of esters is 1. The van der Waals surface area contributed by atoms with Crippen LogP contribution in [0.1, 0.15) is 23.0 Å². The molecule has 0 atom stereocenters. The Morgan fingerprint density at radius 3 is 2.83 bits per heavy atom. The number of hydrogen-bond donors (Lipinski definition) is 1. The van der Waals surface area contributed by atoms with Crippen molar-refractivity contribution in [2.75, 3.05) is 6.61 Å². The molecule has 1 heterocycles. The molecule has 18 heavy (non-hydrogen) atoms. The Bertz CT molecular complexity index is 508. The predicted octanol–water partition coefficient (Wildman–Crippen LogP) is 2.17. The maximum Gasteiger partial charge on any atom is 0.341 e. The van der Waals surface area contributed by atoms with E-state index in [0.29, 0.717) is 17.9 Å². The number of benzene rings is 1. The number of ether oxygens (including phenoxy) is 2. The molecule has 0 aliphatic carbocycles. The monoisotopic (exact) mass is 246 g/mol. The second kappa shape index (κ2) is 5.86. The maximum absolute atomic E-state index is 11.6. The maximum atomic E-state index is 11.6. The molecule has 2 aromatic rings. The number of carbonyl (C=O) groups excluding carboxylic acids is 1. The molecule has 1 N–H and O–H groups in total. The van der Waals surface area contributed by atoms with Gasteiger partial charge in [0.25, 0.3) is 0 Å². The van der Waals surface area contributed by atoms with Gasteiger partial charge in [-0.15, -0.1) is 0 Å². The molecule has 5 nitrogen and oxygen atoms in total. The summed E-state index contributed by atoms with van der Waals surface area (Å²) in [4.78, 5) is 11.6. The molecule has 0 spiro atoms. The van der Waals surface area contributed by atoms with Crippen molar-refractivity contribution in [1.29, 1.82) is 0 Å². The highest BCUT2D eigenvalue weighted by Gasteiger charge is 2.14. The lowest BCUT2D eigenvalue weighted by atomic mass is 10.2. The number of aromatic nitrogens is 2. The summed E-state index contributed by atoms with van der Waals surface area (Å²) in [7, 11) is 0. The number of nitrogens with zero attached hydrogens (tertiary/aromatic N) is 1. The zero-order chi connectivity index (χ0) is 12.8. The van der Waals surface area contributed by atoms with Gasteiger partial charge in [0.1, 0.15) is 17.9 Å². The SMILES string of the molecule is CCOC(=O)c1cn[nH]c1COc1ccccc1. The molecule has 0 radical (unpaired) electrons.